The highest BCUT2D eigenvalue weighted by atomic mass is 19.1. The van der Waals surface area contributed by atoms with Gasteiger partial charge in [-0.2, -0.15) is 0 Å². The number of hydrogen-bond acceptors (Lipinski definition) is 3. The van der Waals surface area contributed by atoms with Gasteiger partial charge in [0.25, 0.3) is 0 Å². The highest BCUT2D eigenvalue weighted by Crippen LogP contribution is 2.34. The van der Waals surface area contributed by atoms with Crippen LogP contribution in [0.1, 0.15) is 18.7 Å². The molecule has 0 bridgehead atoms. The standard InChI is InChI=1S/C16H13FO3/c1-2-19-16(18)14(17)12-8-5-7-11-10-6-3-4-9-13(10)20-15(11)12/h3-9,14H,2H2,1H3. The molecule has 0 aliphatic carbocycles. The molecule has 0 spiro atoms. The molecule has 2 aromatic carbocycles. The number of halogens is 1. The molecule has 3 nitrogen and oxygen atoms in total. The Balaban J connectivity index is 2.19. The molecule has 3 rings (SSSR count). The molecule has 20 heavy (non-hydrogen) atoms. The number of rotatable bonds is 3. The van der Waals surface area contributed by atoms with Gasteiger partial charge in [-0.25, -0.2) is 9.18 Å². The predicted molar refractivity (Wildman–Crippen MR) is 74.2 cm³/mol. The summed E-state index contributed by atoms with van der Waals surface area (Å²) in [7, 11) is 0. The van der Waals surface area contributed by atoms with Gasteiger partial charge in [0, 0.05) is 16.3 Å². The Morgan fingerprint density at radius 3 is 2.75 bits per heavy atom. The third-order valence-electron chi connectivity index (χ3n) is 3.20. The number of alkyl halides is 1. The van der Waals surface area contributed by atoms with Gasteiger partial charge in [0.1, 0.15) is 11.2 Å². The van der Waals surface area contributed by atoms with Crippen LogP contribution in [0.4, 0.5) is 4.39 Å². The van der Waals surface area contributed by atoms with Crippen molar-refractivity contribution < 1.29 is 18.3 Å². The monoisotopic (exact) mass is 272 g/mol. The van der Waals surface area contributed by atoms with Gasteiger partial charge in [0.05, 0.1) is 6.61 Å². The lowest BCUT2D eigenvalue weighted by atomic mass is 10.1. The average Bonchev–Trinajstić information content (AvgIpc) is 2.85. The Labute approximate surface area is 114 Å². The van der Waals surface area contributed by atoms with Crippen LogP contribution in [0.5, 0.6) is 0 Å². The molecule has 1 aromatic heterocycles. The molecule has 102 valence electrons. The van der Waals surface area contributed by atoms with Crippen molar-refractivity contribution in [2.45, 2.75) is 13.1 Å². The summed E-state index contributed by atoms with van der Waals surface area (Å²) in [6.45, 7) is 1.79. The van der Waals surface area contributed by atoms with Gasteiger partial charge in [-0.1, -0.05) is 36.4 Å². The number of benzene rings is 2. The lowest BCUT2D eigenvalue weighted by Gasteiger charge is -2.07. The maximum atomic E-state index is 14.2. The lowest BCUT2D eigenvalue weighted by molar-refractivity contribution is -0.149. The zero-order valence-electron chi connectivity index (χ0n) is 10.9. The molecular weight excluding hydrogens is 259 g/mol. The Hall–Kier alpha value is -2.36. The molecule has 4 heteroatoms. The first kappa shape index (κ1) is 12.7. The van der Waals surface area contributed by atoms with Crippen LogP contribution in [-0.4, -0.2) is 12.6 Å². The first-order valence-corrected chi connectivity index (χ1v) is 6.43. The van der Waals surface area contributed by atoms with Crippen molar-refractivity contribution in [3.63, 3.8) is 0 Å². The number of para-hydroxylation sites is 2. The number of hydrogen-bond donors (Lipinski definition) is 0. The second-order valence-corrected chi connectivity index (χ2v) is 4.44. The van der Waals surface area contributed by atoms with Gasteiger partial charge in [0.2, 0.25) is 6.17 Å². The fraction of sp³-hybridized carbons (Fsp3) is 0.188. The molecule has 3 aromatic rings. The van der Waals surface area contributed by atoms with E-state index in [4.69, 9.17) is 9.15 Å². The number of carbonyl (C=O) groups excluding carboxylic acids is 1. The summed E-state index contributed by atoms with van der Waals surface area (Å²) in [6, 6.07) is 12.6. The van der Waals surface area contributed by atoms with Gasteiger partial charge in [0.15, 0.2) is 0 Å². The van der Waals surface area contributed by atoms with Crippen LogP contribution in [-0.2, 0) is 9.53 Å². The summed E-state index contributed by atoms with van der Waals surface area (Å²) in [5.74, 6) is -0.888. The van der Waals surface area contributed by atoms with Gasteiger partial charge in [-0.05, 0) is 13.0 Å². The molecule has 0 fully saturated rings. The van der Waals surface area contributed by atoms with Gasteiger partial charge in [-0.3, -0.25) is 0 Å². The summed E-state index contributed by atoms with van der Waals surface area (Å²) in [5, 5.41) is 1.70. The molecule has 0 aliphatic rings. The van der Waals surface area contributed by atoms with Crippen LogP contribution in [0.25, 0.3) is 21.9 Å². The number of furan rings is 1. The second-order valence-electron chi connectivity index (χ2n) is 4.44. The predicted octanol–water partition coefficient (Wildman–Crippen LogP) is 4.16. The van der Waals surface area contributed by atoms with Crippen molar-refractivity contribution in [3.8, 4) is 0 Å². The largest absolute Gasteiger partial charge is 0.464 e. The van der Waals surface area contributed by atoms with Crippen LogP contribution in [0.3, 0.4) is 0 Å². The molecule has 0 radical (unpaired) electrons. The Kier molecular flexibility index (Phi) is 3.14. The van der Waals surface area contributed by atoms with Gasteiger partial charge in [-0.15, -0.1) is 0 Å². The van der Waals surface area contributed by atoms with Crippen LogP contribution in [0.2, 0.25) is 0 Å². The van der Waals surface area contributed by atoms with E-state index in [0.29, 0.717) is 11.2 Å². The van der Waals surface area contributed by atoms with Gasteiger partial charge >= 0.3 is 5.97 Å². The Morgan fingerprint density at radius 2 is 1.95 bits per heavy atom. The van der Waals surface area contributed by atoms with E-state index in [9.17, 15) is 9.18 Å². The minimum Gasteiger partial charge on any atom is -0.464 e. The van der Waals surface area contributed by atoms with Crippen LogP contribution in [0, 0.1) is 0 Å². The molecule has 0 amide bonds. The average molecular weight is 272 g/mol. The number of esters is 1. The molecule has 0 N–H and O–H groups in total. The van der Waals surface area contributed by atoms with Gasteiger partial charge < -0.3 is 9.15 Å². The van der Waals surface area contributed by atoms with E-state index < -0.39 is 12.1 Å². The third-order valence-corrected chi connectivity index (χ3v) is 3.20. The molecule has 0 saturated heterocycles. The highest BCUT2D eigenvalue weighted by Gasteiger charge is 2.25. The maximum absolute atomic E-state index is 14.2. The molecule has 0 saturated carbocycles. The molecule has 1 heterocycles. The SMILES string of the molecule is CCOC(=O)C(F)c1cccc2c1oc1ccccc12. The van der Waals surface area contributed by atoms with E-state index in [-0.39, 0.29) is 12.2 Å². The number of carbonyl (C=O) groups is 1. The van der Waals surface area contributed by atoms with Crippen molar-refractivity contribution in [2.24, 2.45) is 0 Å². The van der Waals surface area contributed by atoms with Crippen molar-refractivity contribution in [2.75, 3.05) is 6.61 Å². The summed E-state index contributed by atoms with van der Waals surface area (Å²) in [6.07, 6.45) is -1.83. The normalized spacial score (nSPS) is 12.7. The first-order chi connectivity index (χ1) is 9.72. The van der Waals surface area contributed by atoms with E-state index in [2.05, 4.69) is 0 Å². The molecule has 1 unspecified atom stereocenters. The third kappa shape index (κ3) is 1.93. The molecular formula is C16H13FO3. The Bertz CT molecular complexity index is 776. The summed E-state index contributed by atoms with van der Waals surface area (Å²) >= 11 is 0. The minimum atomic E-state index is -1.83. The van der Waals surface area contributed by atoms with E-state index in [1.54, 1.807) is 19.1 Å². The second kappa shape index (κ2) is 4.96. The van der Waals surface area contributed by atoms with Crippen LogP contribution in [0.15, 0.2) is 46.9 Å². The quantitative estimate of drug-likeness (QED) is 0.672. The molecule has 0 aliphatic heterocycles. The van der Waals surface area contributed by atoms with E-state index in [0.717, 1.165) is 10.8 Å². The summed E-state index contributed by atoms with van der Waals surface area (Å²) in [4.78, 5) is 11.6. The van der Waals surface area contributed by atoms with Crippen LogP contribution < -0.4 is 0 Å². The highest BCUT2D eigenvalue weighted by molar-refractivity contribution is 6.06. The summed E-state index contributed by atoms with van der Waals surface area (Å²) in [5.41, 5.74) is 1.28. The topological polar surface area (TPSA) is 39.4 Å². The smallest absolute Gasteiger partial charge is 0.345 e. The Morgan fingerprint density at radius 1 is 1.20 bits per heavy atom. The van der Waals surface area contributed by atoms with Crippen molar-refractivity contribution >= 4 is 27.9 Å². The minimum absolute atomic E-state index is 0.148. The van der Waals surface area contributed by atoms with Crippen LogP contribution >= 0.6 is 0 Å². The zero-order valence-corrected chi connectivity index (χ0v) is 10.9. The fourth-order valence-electron chi connectivity index (χ4n) is 2.31. The van der Waals surface area contributed by atoms with E-state index >= 15 is 0 Å². The van der Waals surface area contributed by atoms with E-state index in [1.165, 1.54) is 0 Å². The fourth-order valence-corrected chi connectivity index (χ4v) is 2.31. The molecule has 1 atom stereocenters. The number of fused-ring (bicyclic) bond motifs is 3. The van der Waals surface area contributed by atoms with Crippen molar-refractivity contribution in [1.29, 1.82) is 0 Å². The first-order valence-electron chi connectivity index (χ1n) is 6.43. The van der Waals surface area contributed by atoms with Crippen molar-refractivity contribution in [3.05, 3.63) is 48.0 Å². The zero-order chi connectivity index (χ0) is 14.1. The maximum Gasteiger partial charge on any atom is 0.345 e. The van der Waals surface area contributed by atoms with E-state index in [1.807, 2.05) is 30.3 Å². The van der Waals surface area contributed by atoms with Crippen molar-refractivity contribution in [1.82, 2.24) is 0 Å². The lowest BCUT2D eigenvalue weighted by Crippen LogP contribution is -2.12. The summed E-state index contributed by atoms with van der Waals surface area (Å²) < 4.78 is 24.7. The number of ether oxygens (including phenoxy) is 1.